The first kappa shape index (κ1) is 21.0. The Bertz CT molecular complexity index is 1030. The molecule has 0 aliphatic carbocycles. The van der Waals surface area contributed by atoms with Gasteiger partial charge in [0.05, 0.1) is 6.21 Å². The minimum Gasteiger partial charge on any atom is -0.483 e. The zero-order valence-corrected chi connectivity index (χ0v) is 16.9. The van der Waals surface area contributed by atoms with Crippen LogP contribution in [0, 0.1) is 0 Å². The predicted molar refractivity (Wildman–Crippen MR) is 117 cm³/mol. The van der Waals surface area contributed by atoms with E-state index in [9.17, 15) is 9.59 Å². The van der Waals surface area contributed by atoms with Gasteiger partial charge in [-0.2, -0.15) is 5.10 Å². The summed E-state index contributed by atoms with van der Waals surface area (Å²) in [5, 5.41) is 5.73. The normalized spacial score (nSPS) is 10.5. The summed E-state index contributed by atoms with van der Waals surface area (Å²) in [4.78, 5) is 24.4. The van der Waals surface area contributed by atoms with Crippen molar-refractivity contribution in [2.45, 2.75) is 6.42 Å². The first-order chi connectivity index (χ1) is 14.7. The van der Waals surface area contributed by atoms with E-state index in [2.05, 4.69) is 17.1 Å². The Morgan fingerprint density at radius 3 is 2.60 bits per heavy atom. The van der Waals surface area contributed by atoms with Crippen molar-refractivity contribution in [1.29, 1.82) is 0 Å². The second kappa shape index (κ2) is 10.7. The van der Waals surface area contributed by atoms with Crippen molar-refractivity contribution in [1.82, 2.24) is 5.43 Å². The fourth-order valence-electron chi connectivity index (χ4n) is 2.50. The molecule has 7 heteroatoms. The van der Waals surface area contributed by atoms with E-state index in [1.54, 1.807) is 42.5 Å². The second-order valence-electron chi connectivity index (χ2n) is 6.12. The number of thiophene rings is 1. The molecule has 0 atom stereocenters. The van der Waals surface area contributed by atoms with Gasteiger partial charge in [0, 0.05) is 0 Å². The van der Waals surface area contributed by atoms with Gasteiger partial charge in [0.1, 0.15) is 16.4 Å². The molecular weight excluding hydrogens is 400 g/mol. The van der Waals surface area contributed by atoms with Crippen molar-refractivity contribution in [2.24, 2.45) is 5.10 Å². The maximum Gasteiger partial charge on any atom is 0.353 e. The molecular formula is C23H20N2O4S. The third-order valence-electron chi connectivity index (χ3n) is 3.91. The van der Waals surface area contributed by atoms with Crippen LogP contribution >= 0.6 is 11.3 Å². The van der Waals surface area contributed by atoms with Gasteiger partial charge in [0.2, 0.25) is 0 Å². The van der Waals surface area contributed by atoms with Gasteiger partial charge in [0.15, 0.2) is 6.61 Å². The third kappa shape index (κ3) is 6.15. The molecule has 3 aromatic rings. The number of allylic oxidation sites excluding steroid dienone is 1. The highest BCUT2D eigenvalue weighted by Crippen LogP contribution is 2.18. The number of hydrazone groups is 1. The number of para-hydroxylation sites is 1. The molecule has 0 saturated heterocycles. The van der Waals surface area contributed by atoms with Gasteiger partial charge in [-0.3, -0.25) is 4.79 Å². The van der Waals surface area contributed by atoms with Crippen LogP contribution in [0.4, 0.5) is 0 Å². The highest BCUT2D eigenvalue weighted by Gasteiger charge is 2.09. The van der Waals surface area contributed by atoms with Crippen molar-refractivity contribution >= 4 is 29.4 Å². The van der Waals surface area contributed by atoms with Gasteiger partial charge in [-0.05, 0) is 59.3 Å². The van der Waals surface area contributed by atoms with E-state index in [0.717, 1.165) is 11.1 Å². The SMILES string of the molecule is C=CCc1ccccc1OCC(=O)NN=Cc1ccc(OC(=O)c2cccs2)cc1. The molecule has 0 aliphatic rings. The predicted octanol–water partition coefficient (Wildman–Crippen LogP) is 4.22. The van der Waals surface area contributed by atoms with Crippen LogP contribution in [0.5, 0.6) is 11.5 Å². The van der Waals surface area contributed by atoms with E-state index in [1.165, 1.54) is 17.6 Å². The van der Waals surface area contributed by atoms with Crippen molar-refractivity contribution in [3.63, 3.8) is 0 Å². The Balaban J connectivity index is 1.46. The molecule has 1 heterocycles. The highest BCUT2D eigenvalue weighted by molar-refractivity contribution is 7.12. The summed E-state index contributed by atoms with van der Waals surface area (Å²) in [5.41, 5.74) is 4.12. The average Bonchev–Trinajstić information content (AvgIpc) is 3.30. The lowest BCUT2D eigenvalue weighted by molar-refractivity contribution is -0.123. The van der Waals surface area contributed by atoms with E-state index < -0.39 is 5.97 Å². The standard InChI is InChI=1S/C23H20N2O4S/c1-2-6-18-7-3-4-8-20(18)28-16-22(26)25-24-15-17-10-12-19(13-11-17)29-23(27)21-9-5-14-30-21/h2-5,7-15H,1,6,16H2,(H,25,26). The molecule has 1 amide bonds. The largest absolute Gasteiger partial charge is 0.483 e. The van der Waals surface area contributed by atoms with Crippen LogP contribution in [0.3, 0.4) is 0 Å². The number of nitrogens with one attached hydrogen (secondary N) is 1. The molecule has 3 rings (SSSR count). The lowest BCUT2D eigenvalue weighted by Crippen LogP contribution is -2.24. The Kier molecular flexibility index (Phi) is 7.51. The molecule has 30 heavy (non-hydrogen) atoms. The zero-order valence-electron chi connectivity index (χ0n) is 16.1. The Hall–Kier alpha value is -3.71. The van der Waals surface area contributed by atoms with Crippen LogP contribution in [0.15, 0.2) is 83.8 Å². The maximum atomic E-state index is 11.9. The summed E-state index contributed by atoms with van der Waals surface area (Å²) in [6.45, 7) is 3.56. The molecule has 0 bridgehead atoms. The zero-order chi connectivity index (χ0) is 21.2. The van der Waals surface area contributed by atoms with Gasteiger partial charge in [0.25, 0.3) is 5.91 Å². The fraction of sp³-hybridized carbons (Fsp3) is 0.0870. The number of hydrogen-bond donors (Lipinski definition) is 1. The van der Waals surface area contributed by atoms with Gasteiger partial charge in [-0.1, -0.05) is 30.3 Å². The number of hydrogen-bond acceptors (Lipinski definition) is 6. The summed E-state index contributed by atoms with van der Waals surface area (Å²) < 4.78 is 10.8. The third-order valence-corrected chi connectivity index (χ3v) is 4.76. The molecule has 0 spiro atoms. The maximum absolute atomic E-state index is 11.9. The smallest absolute Gasteiger partial charge is 0.353 e. The number of rotatable bonds is 9. The number of carbonyl (C=O) groups excluding carboxylic acids is 2. The summed E-state index contributed by atoms with van der Waals surface area (Å²) in [6.07, 6.45) is 3.93. The van der Waals surface area contributed by atoms with E-state index >= 15 is 0 Å². The minimum absolute atomic E-state index is 0.150. The van der Waals surface area contributed by atoms with Crippen LogP contribution in [-0.4, -0.2) is 24.7 Å². The number of esters is 1. The van der Waals surface area contributed by atoms with Crippen LogP contribution in [0.2, 0.25) is 0 Å². The monoisotopic (exact) mass is 420 g/mol. The number of nitrogens with zero attached hydrogens (tertiary/aromatic N) is 1. The number of benzene rings is 2. The molecule has 2 aromatic carbocycles. The molecule has 0 aliphatic heterocycles. The van der Waals surface area contributed by atoms with Crippen LogP contribution < -0.4 is 14.9 Å². The molecule has 0 fully saturated rings. The van der Waals surface area contributed by atoms with Gasteiger partial charge in [-0.25, -0.2) is 10.2 Å². The average molecular weight is 420 g/mol. The molecule has 0 radical (unpaired) electrons. The fourth-order valence-corrected chi connectivity index (χ4v) is 3.10. The first-order valence-electron chi connectivity index (χ1n) is 9.15. The number of amides is 1. The molecule has 152 valence electrons. The first-order valence-corrected chi connectivity index (χ1v) is 10.0. The van der Waals surface area contributed by atoms with Gasteiger partial charge >= 0.3 is 5.97 Å². The molecule has 6 nitrogen and oxygen atoms in total. The molecule has 1 N–H and O–H groups in total. The van der Waals surface area contributed by atoms with Gasteiger partial charge in [-0.15, -0.1) is 17.9 Å². The molecule has 0 unspecified atom stereocenters. The summed E-state index contributed by atoms with van der Waals surface area (Å²) >= 11 is 1.32. The Morgan fingerprint density at radius 1 is 1.07 bits per heavy atom. The Labute approximate surface area is 178 Å². The molecule has 0 saturated carbocycles. The lowest BCUT2D eigenvalue weighted by Gasteiger charge is -2.09. The quantitative estimate of drug-likeness (QED) is 0.185. The van der Waals surface area contributed by atoms with Crippen LogP contribution in [0.25, 0.3) is 0 Å². The minimum atomic E-state index is -0.395. The van der Waals surface area contributed by atoms with Crippen molar-refractivity contribution in [2.75, 3.05) is 6.61 Å². The summed E-state index contributed by atoms with van der Waals surface area (Å²) in [5.74, 6) is 0.305. The Morgan fingerprint density at radius 2 is 1.87 bits per heavy atom. The van der Waals surface area contributed by atoms with E-state index in [-0.39, 0.29) is 12.5 Å². The van der Waals surface area contributed by atoms with E-state index in [1.807, 2.05) is 29.6 Å². The molecule has 1 aromatic heterocycles. The summed E-state index contributed by atoms with van der Waals surface area (Å²) in [6, 6.07) is 17.8. The number of carbonyl (C=O) groups is 2. The second-order valence-corrected chi connectivity index (χ2v) is 7.07. The number of ether oxygens (including phenoxy) is 2. The van der Waals surface area contributed by atoms with E-state index in [0.29, 0.717) is 22.8 Å². The summed E-state index contributed by atoms with van der Waals surface area (Å²) in [7, 11) is 0. The topological polar surface area (TPSA) is 77.0 Å². The van der Waals surface area contributed by atoms with Crippen molar-refractivity contribution in [3.05, 3.63) is 94.7 Å². The van der Waals surface area contributed by atoms with Crippen molar-refractivity contribution in [3.8, 4) is 11.5 Å². The van der Waals surface area contributed by atoms with Crippen LogP contribution in [-0.2, 0) is 11.2 Å². The van der Waals surface area contributed by atoms with Crippen molar-refractivity contribution < 1.29 is 19.1 Å². The van der Waals surface area contributed by atoms with Gasteiger partial charge < -0.3 is 9.47 Å². The lowest BCUT2D eigenvalue weighted by atomic mass is 10.1. The van der Waals surface area contributed by atoms with E-state index in [4.69, 9.17) is 9.47 Å². The highest BCUT2D eigenvalue weighted by atomic mass is 32.1. The van der Waals surface area contributed by atoms with Crippen LogP contribution in [0.1, 0.15) is 20.8 Å².